The highest BCUT2D eigenvalue weighted by Crippen LogP contribution is 2.38. The van der Waals surface area contributed by atoms with Crippen LogP contribution >= 0.6 is 23.5 Å². The number of thioether (sulfide) groups is 2. The van der Waals surface area contributed by atoms with E-state index in [4.69, 9.17) is 0 Å². The van der Waals surface area contributed by atoms with E-state index in [1.165, 1.54) is 31.4 Å². The van der Waals surface area contributed by atoms with Gasteiger partial charge in [-0.05, 0) is 47.8 Å². The molecule has 0 radical (unpaired) electrons. The molecule has 0 aromatic heterocycles. The summed E-state index contributed by atoms with van der Waals surface area (Å²) in [6.45, 7) is -0.569. The fraction of sp³-hybridized carbons (Fsp3) is 0.125. The van der Waals surface area contributed by atoms with Gasteiger partial charge >= 0.3 is 5.97 Å². The van der Waals surface area contributed by atoms with Gasteiger partial charge in [-0.3, -0.25) is 34.2 Å². The Balaban J connectivity index is 1.67. The fourth-order valence-corrected chi connectivity index (χ4v) is 4.00. The number of amides is 5. The Kier molecular flexibility index (Phi) is 5.51. The van der Waals surface area contributed by atoms with E-state index >= 15 is 0 Å². The van der Waals surface area contributed by atoms with Crippen molar-refractivity contribution >= 4 is 63.4 Å². The molecule has 1 aromatic rings. The highest BCUT2D eigenvalue weighted by molar-refractivity contribution is 8.22. The number of anilines is 1. The SMILES string of the molecule is COC(=O)c1ccc(NC(=O)CN2C(=O)S/C(=C3/SC(=O)NC3=O)C2=O)cc1. The van der Waals surface area contributed by atoms with Crippen LogP contribution in [0, 0.1) is 0 Å². The molecule has 2 N–H and O–H groups in total. The van der Waals surface area contributed by atoms with Gasteiger partial charge in [0.2, 0.25) is 5.91 Å². The van der Waals surface area contributed by atoms with Crippen LogP contribution < -0.4 is 10.6 Å². The van der Waals surface area contributed by atoms with E-state index in [9.17, 15) is 28.8 Å². The van der Waals surface area contributed by atoms with Crippen molar-refractivity contribution < 1.29 is 33.5 Å². The Bertz CT molecular complexity index is 955. The van der Waals surface area contributed by atoms with Crippen molar-refractivity contribution in [3.63, 3.8) is 0 Å². The van der Waals surface area contributed by atoms with Crippen molar-refractivity contribution in [2.75, 3.05) is 19.0 Å². The van der Waals surface area contributed by atoms with Crippen molar-refractivity contribution in [1.29, 1.82) is 0 Å². The Morgan fingerprint density at radius 3 is 2.32 bits per heavy atom. The summed E-state index contributed by atoms with van der Waals surface area (Å²) in [6, 6.07) is 5.81. The van der Waals surface area contributed by atoms with Crippen molar-refractivity contribution in [1.82, 2.24) is 10.2 Å². The molecule has 0 unspecified atom stereocenters. The lowest BCUT2D eigenvalue weighted by Crippen LogP contribution is -2.36. The standard InChI is InChI=1S/C16H11N3O7S2/c1-26-14(23)7-2-4-8(5-3-7)17-9(20)6-19-13(22)11(28-16(19)25)10-12(21)18-15(24)27-10/h2-5H,6H2,1H3,(H,17,20)(H,18,21,24)/b11-10+. The number of nitrogens with one attached hydrogen (secondary N) is 2. The van der Waals surface area contributed by atoms with E-state index < -0.39 is 40.7 Å². The van der Waals surface area contributed by atoms with Crippen LogP contribution in [0.2, 0.25) is 0 Å². The van der Waals surface area contributed by atoms with Gasteiger partial charge in [0.05, 0.1) is 12.7 Å². The zero-order valence-corrected chi connectivity index (χ0v) is 15.8. The van der Waals surface area contributed by atoms with Crippen LogP contribution in [0.1, 0.15) is 10.4 Å². The number of hydrogen-bond donors (Lipinski definition) is 2. The fourth-order valence-electron chi connectivity index (χ4n) is 2.29. The number of rotatable bonds is 4. The molecule has 12 heteroatoms. The molecule has 3 rings (SSSR count). The van der Waals surface area contributed by atoms with Crippen molar-refractivity contribution in [3.8, 4) is 0 Å². The third kappa shape index (κ3) is 3.92. The maximum atomic E-state index is 12.4. The van der Waals surface area contributed by atoms with Gasteiger partial charge in [0.15, 0.2) is 0 Å². The molecule has 2 fully saturated rings. The number of methoxy groups -OCH3 is 1. The van der Waals surface area contributed by atoms with Gasteiger partial charge in [-0.25, -0.2) is 4.79 Å². The van der Waals surface area contributed by atoms with Crippen LogP contribution in [0.25, 0.3) is 0 Å². The number of benzene rings is 1. The third-order valence-corrected chi connectivity index (χ3v) is 5.55. The molecule has 2 heterocycles. The van der Waals surface area contributed by atoms with E-state index in [2.05, 4.69) is 10.1 Å². The molecule has 0 atom stereocenters. The van der Waals surface area contributed by atoms with Gasteiger partial charge in [-0.15, -0.1) is 0 Å². The van der Waals surface area contributed by atoms with Crippen LogP contribution in [-0.4, -0.2) is 52.7 Å². The zero-order valence-electron chi connectivity index (χ0n) is 14.1. The third-order valence-electron chi connectivity index (χ3n) is 3.56. The van der Waals surface area contributed by atoms with Gasteiger partial charge in [-0.2, -0.15) is 0 Å². The van der Waals surface area contributed by atoms with Crippen molar-refractivity contribution in [3.05, 3.63) is 39.6 Å². The first-order valence-corrected chi connectivity index (χ1v) is 9.22. The van der Waals surface area contributed by atoms with Gasteiger partial charge < -0.3 is 10.1 Å². The first kappa shape index (κ1) is 19.6. The molecular weight excluding hydrogens is 410 g/mol. The lowest BCUT2D eigenvalue weighted by Gasteiger charge is -2.12. The summed E-state index contributed by atoms with van der Waals surface area (Å²) in [6.07, 6.45) is 0. The van der Waals surface area contributed by atoms with Crippen LogP contribution in [-0.2, 0) is 19.1 Å². The van der Waals surface area contributed by atoms with Crippen molar-refractivity contribution in [2.24, 2.45) is 0 Å². The second-order valence-electron chi connectivity index (χ2n) is 5.38. The summed E-state index contributed by atoms with van der Waals surface area (Å²) in [5.41, 5.74) is 0.638. The van der Waals surface area contributed by atoms with Gasteiger partial charge in [0.1, 0.15) is 16.4 Å². The molecule has 28 heavy (non-hydrogen) atoms. The molecule has 144 valence electrons. The van der Waals surface area contributed by atoms with E-state index in [0.717, 1.165) is 0 Å². The maximum absolute atomic E-state index is 12.4. The summed E-state index contributed by atoms with van der Waals surface area (Å²) in [5, 5.41) is 3.13. The van der Waals surface area contributed by atoms with E-state index in [0.29, 0.717) is 39.7 Å². The number of ether oxygens (including phenoxy) is 1. The number of esters is 1. The number of carbonyl (C=O) groups is 6. The first-order valence-electron chi connectivity index (χ1n) is 7.59. The summed E-state index contributed by atoms with van der Waals surface area (Å²) >= 11 is 1.02. The first-order chi connectivity index (χ1) is 13.3. The number of imide groups is 2. The van der Waals surface area contributed by atoms with Gasteiger partial charge in [0, 0.05) is 5.69 Å². The normalized spacial score (nSPS) is 19.1. The van der Waals surface area contributed by atoms with E-state index in [-0.39, 0.29) is 9.81 Å². The summed E-state index contributed by atoms with van der Waals surface area (Å²) in [4.78, 5) is 71.2. The molecule has 1 aromatic carbocycles. The lowest BCUT2D eigenvalue weighted by atomic mass is 10.2. The molecule has 2 aliphatic rings. The Hall–Kier alpha value is -3.12. The van der Waals surface area contributed by atoms with Crippen molar-refractivity contribution in [2.45, 2.75) is 0 Å². The Morgan fingerprint density at radius 2 is 1.75 bits per heavy atom. The minimum atomic E-state index is -0.821. The van der Waals surface area contributed by atoms with Crippen LogP contribution in [0.4, 0.5) is 15.3 Å². The maximum Gasteiger partial charge on any atom is 0.337 e. The van der Waals surface area contributed by atoms with E-state index in [1.54, 1.807) is 0 Å². The molecule has 2 saturated heterocycles. The topological polar surface area (TPSA) is 139 Å². The molecule has 0 bridgehead atoms. The van der Waals surface area contributed by atoms with Crippen LogP contribution in [0.3, 0.4) is 0 Å². The minimum absolute atomic E-state index is 0.158. The number of carbonyl (C=O) groups excluding carboxylic acids is 6. The highest BCUT2D eigenvalue weighted by atomic mass is 32.2. The predicted octanol–water partition coefficient (Wildman–Crippen LogP) is 1.30. The average molecular weight is 421 g/mol. The minimum Gasteiger partial charge on any atom is -0.465 e. The van der Waals surface area contributed by atoms with Gasteiger partial charge in [-0.1, -0.05) is 0 Å². The average Bonchev–Trinajstić information content (AvgIpc) is 3.14. The monoisotopic (exact) mass is 421 g/mol. The molecule has 0 aliphatic carbocycles. The Labute approximate surface area is 166 Å². The largest absolute Gasteiger partial charge is 0.465 e. The van der Waals surface area contributed by atoms with Crippen LogP contribution in [0.5, 0.6) is 0 Å². The lowest BCUT2D eigenvalue weighted by molar-refractivity contribution is -0.127. The quantitative estimate of drug-likeness (QED) is 0.544. The number of nitrogens with zero attached hydrogens (tertiary/aromatic N) is 1. The zero-order chi connectivity index (χ0) is 20.4. The summed E-state index contributed by atoms with van der Waals surface area (Å²) < 4.78 is 4.57. The molecule has 0 saturated carbocycles. The summed E-state index contributed by atoms with van der Waals surface area (Å²) in [7, 11) is 1.24. The molecular formula is C16H11N3O7S2. The van der Waals surface area contributed by atoms with E-state index in [1.807, 2.05) is 5.32 Å². The molecule has 2 aliphatic heterocycles. The van der Waals surface area contributed by atoms with Crippen LogP contribution in [0.15, 0.2) is 34.1 Å². The summed E-state index contributed by atoms with van der Waals surface area (Å²) in [5.74, 6) is -2.76. The Morgan fingerprint density at radius 1 is 1.07 bits per heavy atom. The smallest absolute Gasteiger partial charge is 0.337 e. The molecule has 10 nitrogen and oxygen atoms in total. The molecule has 0 spiro atoms. The number of hydrogen-bond acceptors (Lipinski definition) is 9. The molecule has 5 amide bonds. The highest BCUT2D eigenvalue weighted by Gasteiger charge is 2.42. The predicted molar refractivity (Wildman–Crippen MR) is 99.3 cm³/mol. The van der Waals surface area contributed by atoms with Gasteiger partial charge in [0.25, 0.3) is 22.3 Å². The second-order valence-corrected chi connectivity index (χ2v) is 7.32. The second kappa shape index (κ2) is 7.86.